The first kappa shape index (κ1) is 19.4. The fourth-order valence-electron chi connectivity index (χ4n) is 2.49. The summed E-state index contributed by atoms with van der Waals surface area (Å²) in [6.07, 6.45) is 2.90. The van der Waals surface area contributed by atoms with E-state index in [2.05, 4.69) is 20.6 Å². The molecule has 3 aromatic rings. The average molecular weight is 399 g/mol. The Bertz CT molecular complexity index is 993. The van der Waals surface area contributed by atoms with Crippen LogP contribution in [0.2, 0.25) is 5.02 Å². The number of ether oxygens (including phenoxy) is 2. The number of carbonyl (C=O) groups excluding carboxylic acids is 1. The van der Waals surface area contributed by atoms with Crippen molar-refractivity contribution >= 4 is 34.8 Å². The maximum atomic E-state index is 12.4. The molecule has 144 valence electrons. The van der Waals surface area contributed by atoms with Crippen molar-refractivity contribution in [1.29, 1.82) is 0 Å². The van der Waals surface area contributed by atoms with Gasteiger partial charge in [0.15, 0.2) is 11.5 Å². The predicted octanol–water partition coefficient (Wildman–Crippen LogP) is 4.45. The highest BCUT2D eigenvalue weighted by Crippen LogP contribution is 2.30. The molecule has 1 aromatic heterocycles. The second-order valence-corrected chi connectivity index (χ2v) is 6.26. The van der Waals surface area contributed by atoms with Gasteiger partial charge >= 0.3 is 0 Å². The van der Waals surface area contributed by atoms with Gasteiger partial charge in [0.05, 0.1) is 19.8 Å². The van der Waals surface area contributed by atoms with E-state index in [1.165, 1.54) is 12.4 Å². The van der Waals surface area contributed by atoms with Gasteiger partial charge in [-0.3, -0.25) is 4.79 Å². The minimum atomic E-state index is -0.317. The van der Waals surface area contributed by atoms with E-state index in [1.807, 2.05) is 13.0 Å². The van der Waals surface area contributed by atoms with Crippen molar-refractivity contribution in [3.8, 4) is 11.5 Å². The summed E-state index contributed by atoms with van der Waals surface area (Å²) in [6, 6.07) is 10.7. The fourth-order valence-corrected chi connectivity index (χ4v) is 2.66. The lowest BCUT2D eigenvalue weighted by molar-refractivity contribution is 0.102. The Labute approximate surface area is 167 Å². The molecular weight excluding hydrogens is 380 g/mol. The quantitative estimate of drug-likeness (QED) is 0.638. The van der Waals surface area contributed by atoms with Gasteiger partial charge in [0.1, 0.15) is 0 Å². The van der Waals surface area contributed by atoms with Crippen LogP contribution in [0.15, 0.2) is 48.8 Å². The van der Waals surface area contributed by atoms with Crippen LogP contribution in [0.5, 0.6) is 11.5 Å². The summed E-state index contributed by atoms with van der Waals surface area (Å²) in [5, 5.41) is 6.45. The summed E-state index contributed by atoms with van der Waals surface area (Å²) in [6.45, 7) is 1.84. The molecule has 0 bridgehead atoms. The van der Waals surface area contributed by atoms with Crippen LogP contribution < -0.4 is 20.1 Å². The Morgan fingerprint density at radius 2 is 1.75 bits per heavy atom. The number of benzene rings is 2. The molecule has 0 aliphatic rings. The van der Waals surface area contributed by atoms with E-state index in [1.54, 1.807) is 44.6 Å². The van der Waals surface area contributed by atoms with E-state index in [4.69, 9.17) is 21.1 Å². The van der Waals surface area contributed by atoms with E-state index in [-0.39, 0.29) is 5.91 Å². The molecule has 2 N–H and O–H groups in total. The molecule has 28 heavy (non-hydrogen) atoms. The summed E-state index contributed by atoms with van der Waals surface area (Å²) in [5.74, 6) is 1.24. The summed E-state index contributed by atoms with van der Waals surface area (Å²) >= 11 is 6.08. The van der Waals surface area contributed by atoms with Crippen molar-refractivity contribution in [2.45, 2.75) is 6.92 Å². The Balaban J connectivity index is 1.71. The minimum absolute atomic E-state index is 0.317. The molecule has 0 spiro atoms. The molecule has 7 nitrogen and oxygen atoms in total. The third-order valence-electron chi connectivity index (χ3n) is 4.07. The molecule has 8 heteroatoms. The van der Waals surface area contributed by atoms with E-state index in [0.29, 0.717) is 33.7 Å². The first-order chi connectivity index (χ1) is 13.5. The zero-order valence-electron chi connectivity index (χ0n) is 15.6. The topological polar surface area (TPSA) is 85.4 Å². The van der Waals surface area contributed by atoms with Crippen molar-refractivity contribution < 1.29 is 14.3 Å². The number of nitrogens with one attached hydrogen (secondary N) is 2. The molecule has 0 saturated carbocycles. The van der Waals surface area contributed by atoms with Gasteiger partial charge in [-0.15, -0.1) is 0 Å². The van der Waals surface area contributed by atoms with Gasteiger partial charge in [-0.1, -0.05) is 17.7 Å². The van der Waals surface area contributed by atoms with Crippen LogP contribution >= 0.6 is 11.6 Å². The summed E-state index contributed by atoms with van der Waals surface area (Å²) in [4.78, 5) is 20.8. The van der Waals surface area contributed by atoms with Gasteiger partial charge in [0.2, 0.25) is 5.95 Å². The second-order valence-electron chi connectivity index (χ2n) is 5.86. The third-order valence-corrected chi connectivity index (χ3v) is 4.48. The van der Waals surface area contributed by atoms with Crippen LogP contribution in [-0.2, 0) is 0 Å². The number of methoxy groups -OCH3 is 2. The smallest absolute Gasteiger partial charge is 0.258 e. The summed E-state index contributed by atoms with van der Waals surface area (Å²) < 4.78 is 10.5. The number of hydrogen-bond donors (Lipinski definition) is 2. The number of halogens is 1. The van der Waals surface area contributed by atoms with Crippen LogP contribution in [0, 0.1) is 6.92 Å². The lowest BCUT2D eigenvalue weighted by Gasteiger charge is -2.11. The molecule has 0 saturated heterocycles. The van der Waals surface area contributed by atoms with Crippen molar-refractivity contribution in [3.05, 3.63) is 64.9 Å². The van der Waals surface area contributed by atoms with Crippen LogP contribution in [-0.4, -0.2) is 30.1 Å². The standard InChI is InChI=1S/C20H19ClN4O3/c1-12-15(21)5-4-6-16(12)25-19(26)13-10-22-20(23-11-13)24-14-7-8-17(27-2)18(9-14)28-3/h4-11H,1-3H3,(H,25,26)(H,22,23,24). The van der Waals surface area contributed by atoms with E-state index in [9.17, 15) is 4.79 Å². The second kappa shape index (κ2) is 8.58. The highest BCUT2D eigenvalue weighted by molar-refractivity contribution is 6.31. The van der Waals surface area contributed by atoms with E-state index < -0.39 is 0 Å². The lowest BCUT2D eigenvalue weighted by atomic mass is 10.2. The van der Waals surface area contributed by atoms with Crippen LogP contribution in [0.25, 0.3) is 0 Å². The maximum Gasteiger partial charge on any atom is 0.258 e. The first-order valence-corrected chi connectivity index (χ1v) is 8.77. The van der Waals surface area contributed by atoms with Crippen molar-refractivity contribution in [3.63, 3.8) is 0 Å². The molecule has 0 radical (unpaired) electrons. The largest absolute Gasteiger partial charge is 0.493 e. The maximum absolute atomic E-state index is 12.4. The zero-order chi connectivity index (χ0) is 20.1. The van der Waals surface area contributed by atoms with Gasteiger partial charge in [-0.05, 0) is 36.8 Å². The van der Waals surface area contributed by atoms with Crippen molar-refractivity contribution in [2.24, 2.45) is 0 Å². The van der Waals surface area contributed by atoms with Gasteiger partial charge in [-0.2, -0.15) is 0 Å². The Morgan fingerprint density at radius 1 is 1.04 bits per heavy atom. The van der Waals surface area contributed by atoms with Crippen LogP contribution in [0.4, 0.5) is 17.3 Å². The number of rotatable bonds is 6. The average Bonchev–Trinajstić information content (AvgIpc) is 2.71. The minimum Gasteiger partial charge on any atom is -0.493 e. The summed E-state index contributed by atoms with van der Waals surface area (Å²) in [5.41, 5.74) is 2.50. The van der Waals surface area contributed by atoms with E-state index >= 15 is 0 Å². The fraction of sp³-hybridized carbons (Fsp3) is 0.150. The normalized spacial score (nSPS) is 10.3. The number of amides is 1. The van der Waals surface area contributed by atoms with Gasteiger partial charge < -0.3 is 20.1 Å². The number of anilines is 3. The Morgan fingerprint density at radius 3 is 2.43 bits per heavy atom. The number of carbonyl (C=O) groups is 1. The highest BCUT2D eigenvalue weighted by Gasteiger charge is 2.11. The van der Waals surface area contributed by atoms with Gasteiger partial charge in [0, 0.05) is 34.9 Å². The lowest BCUT2D eigenvalue weighted by Crippen LogP contribution is -2.14. The Hall–Kier alpha value is -3.32. The Kier molecular flexibility index (Phi) is 5.96. The van der Waals surface area contributed by atoms with Gasteiger partial charge in [-0.25, -0.2) is 9.97 Å². The summed E-state index contributed by atoms with van der Waals surface area (Å²) in [7, 11) is 3.13. The molecule has 3 rings (SSSR count). The molecule has 1 amide bonds. The molecule has 0 atom stereocenters. The van der Waals surface area contributed by atoms with E-state index in [0.717, 1.165) is 11.3 Å². The predicted molar refractivity (Wildman–Crippen MR) is 109 cm³/mol. The number of hydrogen-bond acceptors (Lipinski definition) is 6. The van der Waals surface area contributed by atoms with Crippen LogP contribution in [0.1, 0.15) is 15.9 Å². The zero-order valence-corrected chi connectivity index (χ0v) is 16.4. The monoisotopic (exact) mass is 398 g/mol. The first-order valence-electron chi connectivity index (χ1n) is 8.39. The number of nitrogens with zero attached hydrogens (tertiary/aromatic N) is 2. The van der Waals surface area contributed by atoms with Gasteiger partial charge in [0.25, 0.3) is 5.91 Å². The third kappa shape index (κ3) is 4.32. The molecule has 0 unspecified atom stereocenters. The SMILES string of the molecule is COc1ccc(Nc2ncc(C(=O)Nc3cccc(Cl)c3C)cn2)cc1OC. The highest BCUT2D eigenvalue weighted by atomic mass is 35.5. The molecule has 2 aromatic carbocycles. The molecule has 1 heterocycles. The molecular formula is C20H19ClN4O3. The van der Waals surface area contributed by atoms with Crippen molar-refractivity contribution in [1.82, 2.24) is 9.97 Å². The number of aromatic nitrogens is 2. The molecule has 0 aliphatic carbocycles. The van der Waals surface area contributed by atoms with Crippen LogP contribution in [0.3, 0.4) is 0 Å². The van der Waals surface area contributed by atoms with Crippen molar-refractivity contribution in [2.75, 3.05) is 24.9 Å². The molecule has 0 fully saturated rings. The molecule has 0 aliphatic heterocycles.